The molecule has 2 heterocycles. The van der Waals surface area contributed by atoms with Gasteiger partial charge in [0.05, 0.1) is 10.6 Å². The van der Waals surface area contributed by atoms with Crippen LogP contribution >= 0.6 is 23.1 Å². The van der Waals surface area contributed by atoms with Crippen LogP contribution in [0.3, 0.4) is 0 Å². The first-order chi connectivity index (χ1) is 10.3. The summed E-state index contributed by atoms with van der Waals surface area (Å²) < 4.78 is 5.40. The molecule has 0 spiro atoms. The van der Waals surface area contributed by atoms with Crippen LogP contribution in [0.4, 0.5) is 6.01 Å². The smallest absolute Gasteiger partial charge is 0.322 e. The van der Waals surface area contributed by atoms with Gasteiger partial charge in [-0.15, -0.1) is 28.2 Å². The molecular weight excluding hydrogens is 306 g/mol. The summed E-state index contributed by atoms with van der Waals surface area (Å²) >= 11 is 2.96. The molecule has 0 aliphatic heterocycles. The standard InChI is InChI=1S/C14H11N3O2S2/c18-12(9-21-10-5-2-1-3-6-10)15-14-17-16-13(19-14)11-7-4-8-20-11/h1-8H,9H2,(H,15,17,18). The summed E-state index contributed by atoms with van der Waals surface area (Å²) in [5, 5.41) is 12.2. The van der Waals surface area contributed by atoms with E-state index in [4.69, 9.17) is 4.42 Å². The third-order valence-electron chi connectivity index (χ3n) is 2.52. The number of rotatable bonds is 5. The summed E-state index contributed by atoms with van der Waals surface area (Å²) in [5.74, 6) is 0.530. The van der Waals surface area contributed by atoms with E-state index in [2.05, 4.69) is 15.5 Å². The van der Waals surface area contributed by atoms with Gasteiger partial charge in [-0.2, -0.15) is 0 Å². The Morgan fingerprint density at radius 2 is 2.05 bits per heavy atom. The fourth-order valence-electron chi connectivity index (χ4n) is 1.59. The minimum atomic E-state index is -0.176. The summed E-state index contributed by atoms with van der Waals surface area (Å²) in [4.78, 5) is 13.7. The summed E-state index contributed by atoms with van der Waals surface area (Å²) in [7, 11) is 0. The van der Waals surface area contributed by atoms with Gasteiger partial charge in [-0.3, -0.25) is 10.1 Å². The third-order valence-corrected chi connectivity index (χ3v) is 4.39. The van der Waals surface area contributed by atoms with E-state index in [1.54, 1.807) is 0 Å². The second-order valence-corrected chi connectivity index (χ2v) is 6.04. The third kappa shape index (κ3) is 3.71. The molecule has 0 fully saturated rings. The van der Waals surface area contributed by atoms with Gasteiger partial charge in [0.2, 0.25) is 5.91 Å². The van der Waals surface area contributed by atoms with Crippen molar-refractivity contribution in [2.45, 2.75) is 4.90 Å². The quantitative estimate of drug-likeness (QED) is 0.729. The van der Waals surface area contributed by atoms with Gasteiger partial charge in [0.25, 0.3) is 5.89 Å². The monoisotopic (exact) mass is 317 g/mol. The first-order valence-corrected chi connectivity index (χ1v) is 8.03. The van der Waals surface area contributed by atoms with Crippen molar-refractivity contribution in [3.8, 4) is 10.8 Å². The van der Waals surface area contributed by atoms with Crippen LogP contribution < -0.4 is 5.32 Å². The molecule has 3 aromatic rings. The van der Waals surface area contributed by atoms with Gasteiger partial charge < -0.3 is 4.42 Å². The Balaban J connectivity index is 1.55. The Morgan fingerprint density at radius 3 is 2.81 bits per heavy atom. The van der Waals surface area contributed by atoms with Crippen molar-refractivity contribution in [1.29, 1.82) is 0 Å². The number of carbonyl (C=O) groups is 1. The highest BCUT2D eigenvalue weighted by Gasteiger charge is 2.12. The molecule has 0 unspecified atom stereocenters. The Kier molecular flexibility index (Phi) is 4.32. The van der Waals surface area contributed by atoms with Crippen LogP contribution in [-0.4, -0.2) is 21.9 Å². The molecule has 1 amide bonds. The van der Waals surface area contributed by atoms with Crippen molar-refractivity contribution >= 4 is 35.0 Å². The van der Waals surface area contributed by atoms with Gasteiger partial charge in [0.1, 0.15) is 0 Å². The maximum Gasteiger partial charge on any atom is 0.322 e. The predicted molar refractivity (Wildman–Crippen MR) is 83.4 cm³/mol. The highest BCUT2D eigenvalue weighted by molar-refractivity contribution is 8.00. The number of amides is 1. The summed E-state index contributed by atoms with van der Waals surface area (Å²) in [6.45, 7) is 0. The van der Waals surface area contributed by atoms with Crippen molar-refractivity contribution in [2.24, 2.45) is 0 Å². The Labute approximate surface area is 129 Å². The molecule has 106 valence electrons. The van der Waals surface area contributed by atoms with Crippen molar-refractivity contribution in [2.75, 3.05) is 11.1 Å². The van der Waals surface area contributed by atoms with E-state index < -0.39 is 0 Å². The number of hydrogen-bond acceptors (Lipinski definition) is 6. The van der Waals surface area contributed by atoms with Gasteiger partial charge in [-0.25, -0.2) is 0 Å². The lowest BCUT2D eigenvalue weighted by Gasteiger charge is -2.00. The molecule has 7 heteroatoms. The van der Waals surface area contributed by atoms with Gasteiger partial charge in [0.15, 0.2) is 0 Å². The molecule has 1 N–H and O–H groups in total. The fraction of sp³-hybridized carbons (Fsp3) is 0.0714. The molecule has 21 heavy (non-hydrogen) atoms. The van der Waals surface area contributed by atoms with Crippen LogP contribution in [0, 0.1) is 0 Å². The second kappa shape index (κ2) is 6.55. The lowest BCUT2D eigenvalue weighted by Crippen LogP contribution is -2.14. The molecule has 0 aliphatic rings. The lowest BCUT2D eigenvalue weighted by atomic mass is 10.4. The zero-order chi connectivity index (χ0) is 14.5. The average Bonchev–Trinajstić information content (AvgIpc) is 3.17. The van der Waals surface area contributed by atoms with Gasteiger partial charge >= 0.3 is 6.01 Å². The molecule has 5 nitrogen and oxygen atoms in total. The van der Waals surface area contributed by atoms with E-state index in [-0.39, 0.29) is 11.9 Å². The second-order valence-electron chi connectivity index (χ2n) is 4.04. The molecule has 0 atom stereocenters. The topological polar surface area (TPSA) is 68.0 Å². The van der Waals surface area contributed by atoms with Crippen LogP contribution in [0.5, 0.6) is 0 Å². The SMILES string of the molecule is O=C(CSc1ccccc1)Nc1nnc(-c2cccs2)o1. The van der Waals surface area contributed by atoms with Crippen molar-refractivity contribution < 1.29 is 9.21 Å². The van der Waals surface area contributed by atoms with Gasteiger partial charge in [-0.05, 0) is 23.6 Å². The largest absolute Gasteiger partial charge is 0.402 e. The van der Waals surface area contributed by atoms with Gasteiger partial charge in [0, 0.05) is 4.90 Å². The van der Waals surface area contributed by atoms with E-state index in [1.165, 1.54) is 23.1 Å². The Hall–Kier alpha value is -2.12. The van der Waals surface area contributed by atoms with E-state index in [1.807, 2.05) is 47.8 Å². The minimum Gasteiger partial charge on any atom is -0.402 e. The van der Waals surface area contributed by atoms with Crippen LogP contribution in [0.15, 0.2) is 57.2 Å². The number of hydrogen-bond donors (Lipinski definition) is 1. The molecule has 0 saturated carbocycles. The maximum absolute atomic E-state index is 11.8. The molecule has 0 saturated heterocycles. The van der Waals surface area contributed by atoms with Crippen molar-refractivity contribution in [1.82, 2.24) is 10.2 Å². The number of anilines is 1. The number of aromatic nitrogens is 2. The molecule has 3 rings (SSSR count). The van der Waals surface area contributed by atoms with E-state index in [0.29, 0.717) is 11.6 Å². The molecule has 0 aliphatic carbocycles. The van der Waals surface area contributed by atoms with Crippen molar-refractivity contribution in [3.63, 3.8) is 0 Å². The molecule has 2 aromatic heterocycles. The average molecular weight is 317 g/mol. The molecular formula is C14H11N3O2S2. The normalized spacial score (nSPS) is 10.5. The molecule has 0 bridgehead atoms. The lowest BCUT2D eigenvalue weighted by molar-refractivity contribution is -0.113. The zero-order valence-electron chi connectivity index (χ0n) is 10.9. The Bertz CT molecular complexity index is 711. The summed E-state index contributed by atoms with van der Waals surface area (Å²) in [6.07, 6.45) is 0. The zero-order valence-corrected chi connectivity index (χ0v) is 12.5. The van der Waals surface area contributed by atoms with Crippen LogP contribution in [0.2, 0.25) is 0 Å². The predicted octanol–water partition coefficient (Wildman–Crippen LogP) is 3.53. The van der Waals surface area contributed by atoms with Crippen molar-refractivity contribution in [3.05, 3.63) is 47.8 Å². The number of thioether (sulfide) groups is 1. The number of nitrogens with zero attached hydrogens (tertiary/aromatic N) is 2. The number of thiophene rings is 1. The van der Waals surface area contributed by atoms with Crippen LogP contribution in [0.1, 0.15) is 0 Å². The number of nitrogens with one attached hydrogen (secondary N) is 1. The van der Waals surface area contributed by atoms with E-state index >= 15 is 0 Å². The maximum atomic E-state index is 11.8. The first-order valence-electron chi connectivity index (χ1n) is 6.16. The van der Waals surface area contributed by atoms with Crippen LogP contribution in [-0.2, 0) is 4.79 Å². The summed E-state index contributed by atoms with van der Waals surface area (Å²) in [5.41, 5.74) is 0. The van der Waals surface area contributed by atoms with E-state index in [0.717, 1.165) is 9.77 Å². The van der Waals surface area contributed by atoms with E-state index in [9.17, 15) is 4.79 Å². The highest BCUT2D eigenvalue weighted by atomic mass is 32.2. The minimum absolute atomic E-state index is 0.122. The first kappa shape index (κ1) is 13.8. The van der Waals surface area contributed by atoms with Crippen LogP contribution in [0.25, 0.3) is 10.8 Å². The summed E-state index contributed by atoms with van der Waals surface area (Å²) in [6, 6.07) is 13.6. The van der Waals surface area contributed by atoms with Gasteiger partial charge in [-0.1, -0.05) is 29.4 Å². The number of benzene rings is 1. The number of carbonyl (C=O) groups excluding carboxylic acids is 1. The fourth-order valence-corrected chi connectivity index (χ4v) is 2.96. The highest BCUT2D eigenvalue weighted by Crippen LogP contribution is 2.24. The Morgan fingerprint density at radius 1 is 1.19 bits per heavy atom. The molecule has 0 radical (unpaired) electrons. The molecule has 1 aromatic carbocycles.